The van der Waals surface area contributed by atoms with Crippen LogP contribution in [-0.4, -0.2) is 23.1 Å². The van der Waals surface area contributed by atoms with Crippen LogP contribution in [0, 0.1) is 0 Å². The molecule has 0 fully saturated rings. The molecule has 6 nitrogen and oxygen atoms in total. The van der Waals surface area contributed by atoms with Crippen LogP contribution < -0.4 is 10.7 Å². The summed E-state index contributed by atoms with van der Waals surface area (Å²) in [5.41, 5.74) is 3.07. The molecule has 0 radical (unpaired) electrons. The molecule has 0 saturated heterocycles. The zero-order valence-corrected chi connectivity index (χ0v) is 15.0. The molecule has 3 N–H and O–H groups in total. The molecular formula is C19H14BrN3O3. The highest BCUT2D eigenvalue weighted by Crippen LogP contribution is 2.23. The van der Waals surface area contributed by atoms with E-state index < -0.39 is 11.8 Å². The van der Waals surface area contributed by atoms with Crippen molar-refractivity contribution in [3.05, 3.63) is 70.7 Å². The van der Waals surface area contributed by atoms with Crippen LogP contribution in [0.15, 0.2) is 70.2 Å². The van der Waals surface area contributed by atoms with Gasteiger partial charge in [0, 0.05) is 21.1 Å². The van der Waals surface area contributed by atoms with Crippen LogP contribution in [0.25, 0.3) is 10.8 Å². The van der Waals surface area contributed by atoms with E-state index in [9.17, 15) is 14.7 Å². The van der Waals surface area contributed by atoms with Crippen molar-refractivity contribution in [3.63, 3.8) is 0 Å². The Morgan fingerprint density at radius 1 is 1.00 bits per heavy atom. The monoisotopic (exact) mass is 411 g/mol. The largest absolute Gasteiger partial charge is 0.507 e. The first kappa shape index (κ1) is 17.6. The lowest BCUT2D eigenvalue weighted by atomic mass is 10.1. The van der Waals surface area contributed by atoms with Gasteiger partial charge >= 0.3 is 11.8 Å². The minimum absolute atomic E-state index is 0.00593. The summed E-state index contributed by atoms with van der Waals surface area (Å²) in [6, 6.07) is 17.7. The summed E-state index contributed by atoms with van der Waals surface area (Å²) in [6.07, 6.45) is 1.25. The van der Waals surface area contributed by atoms with E-state index in [4.69, 9.17) is 0 Å². The highest BCUT2D eigenvalue weighted by molar-refractivity contribution is 9.10. The standard InChI is InChI=1S/C19H14BrN3O3/c20-14-8-9-17(24)13(10-14)11-21-23-19(26)18(25)22-16-7-3-5-12-4-1-2-6-15(12)16/h1-11,24H,(H,22,25)(H,23,26)/b21-11+. The van der Waals surface area contributed by atoms with E-state index in [1.807, 2.05) is 30.3 Å². The van der Waals surface area contributed by atoms with E-state index in [0.29, 0.717) is 11.3 Å². The van der Waals surface area contributed by atoms with E-state index in [-0.39, 0.29) is 5.75 Å². The number of phenols is 1. The Morgan fingerprint density at radius 3 is 2.62 bits per heavy atom. The fourth-order valence-corrected chi connectivity index (χ4v) is 2.73. The SMILES string of the molecule is O=C(N/N=C/c1cc(Br)ccc1O)C(=O)Nc1cccc2ccccc12. The molecule has 3 rings (SSSR count). The van der Waals surface area contributed by atoms with Crippen molar-refractivity contribution in [2.45, 2.75) is 0 Å². The summed E-state index contributed by atoms with van der Waals surface area (Å²) < 4.78 is 0.747. The maximum atomic E-state index is 12.1. The minimum atomic E-state index is -0.913. The number of hydrogen-bond donors (Lipinski definition) is 3. The maximum Gasteiger partial charge on any atom is 0.329 e. The molecule has 130 valence electrons. The zero-order chi connectivity index (χ0) is 18.5. The summed E-state index contributed by atoms with van der Waals surface area (Å²) in [6.45, 7) is 0. The predicted molar refractivity (Wildman–Crippen MR) is 104 cm³/mol. The Labute approximate surface area is 157 Å². The number of nitrogens with zero attached hydrogens (tertiary/aromatic N) is 1. The molecular weight excluding hydrogens is 398 g/mol. The van der Waals surface area contributed by atoms with Crippen molar-refractivity contribution >= 4 is 50.4 Å². The molecule has 3 aromatic rings. The van der Waals surface area contributed by atoms with Crippen LogP contribution in [0.2, 0.25) is 0 Å². The van der Waals surface area contributed by atoms with Gasteiger partial charge in [0.1, 0.15) is 5.75 Å². The van der Waals surface area contributed by atoms with Gasteiger partial charge < -0.3 is 10.4 Å². The third-order valence-corrected chi connectivity index (χ3v) is 4.10. The number of fused-ring (bicyclic) bond motifs is 1. The second kappa shape index (κ2) is 7.79. The molecule has 0 aromatic heterocycles. The van der Waals surface area contributed by atoms with Gasteiger partial charge in [-0.15, -0.1) is 0 Å². The number of benzene rings is 3. The Kier molecular flexibility index (Phi) is 5.28. The number of carbonyl (C=O) groups is 2. The lowest BCUT2D eigenvalue weighted by Crippen LogP contribution is -2.32. The Hall–Kier alpha value is -3.19. The van der Waals surface area contributed by atoms with Crippen molar-refractivity contribution in [2.24, 2.45) is 5.10 Å². The molecule has 0 aliphatic carbocycles. The first-order valence-electron chi connectivity index (χ1n) is 7.65. The highest BCUT2D eigenvalue weighted by atomic mass is 79.9. The normalized spacial score (nSPS) is 10.8. The van der Waals surface area contributed by atoms with Crippen molar-refractivity contribution in [1.29, 1.82) is 0 Å². The number of aromatic hydroxyl groups is 1. The number of halogens is 1. The second-order valence-electron chi connectivity index (χ2n) is 5.38. The summed E-state index contributed by atoms with van der Waals surface area (Å²) in [5.74, 6) is -1.74. The zero-order valence-electron chi connectivity index (χ0n) is 13.4. The Bertz CT molecular complexity index is 1010. The van der Waals surface area contributed by atoms with E-state index in [1.54, 1.807) is 24.3 Å². The van der Waals surface area contributed by atoms with Crippen molar-refractivity contribution in [1.82, 2.24) is 5.43 Å². The predicted octanol–water partition coefficient (Wildman–Crippen LogP) is 3.40. The third kappa shape index (κ3) is 4.07. The Morgan fingerprint density at radius 2 is 1.77 bits per heavy atom. The summed E-state index contributed by atoms with van der Waals surface area (Å²) in [5, 5.41) is 17.8. The van der Waals surface area contributed by atoms with Gasteiger partial charge in [-0.25, -0.2) is 5.43 Å². The van der Waals surface area contributed by atoms with E-state index >= 15 is 0 Å². The van der Waals surface area contributed by atoms with Gasteiger partial charge in [0.2, 0.25) is 0 Å². The molecule has 3 aromatic carbocycles. The summed E-state index contributed by atoms with van der Waals surface area (Å²) in [7, 11) is 0. The average molecular weight is 412 g/mol. The highest BCUT2D eigenvalue weighted by Gasteiger charge is 2.14. The molecule has 0 aliphatic heterocycles. The van der Waals surface area contributed by atoms with Crippen LogP contribution in [0.1, 0.15) is 5.56 Å². The molecule has 2 amide bonds. The number of rotatable bonds is 3. The van der Waals surface area contributed by atoms with Gasteiger partial charge in [-0.1, -0.05) is 52.3 Å². The maximum absolute atomic E-state index is 12.1. The molecule has 0 unspecified atom stereocenters. The van der Waals surface area contributed by atoms with Crippen molar-refractivity contribution in [3.8, 4) is 5.75 Å². The number of phenolic OH excluding ortho intramolecular Hbond substituents is 1. The third-order valence-electron chi connectivity index (χ3n) is 3.60. The number of anilines is 1. The smallest absolute Gasteiger partial charge is 0.329 e. The number of nitrogens with one attached hydrogen (secondary N) is 2. The average Bonchev–Trinajstić information content (AvgIpc) is 2.64. The molecule has 0 atom stereocenters. The van der Waals surface area contributed by atoms with Crippen LogP contribution >= 0.6 is 15.9 Å². The molecule has 0 aliphatic rings. The summed E-state index contributed by atoms with van der Waals surface area (Å²) >= 11 is 3.27. The van der Waals surface area contributed by atoms with Crippen molar-refractivity contribution in [2.75, 3.05) is 5.32 Å². The van der Waals surface area contributed by atoms with Gasteiger partial charge in [0.25, 0.3) is 0 Å². The molecule has 0 saturated carbocycles. The fraction of sp³-hybridized carbons (Fsp3) is 0. The molecule has 0 bridgehead atoms. The van der Waals surface area contributed by atoms with Crippen LogP contribution in [-0.2, 0) is 9.59 Å². The number of carbonyl (C=O) groups excluding carboxylic acids is 2. The van der Waals surface area contributed by atoms with Crippen molar-refractivity contribution < 1.29 is 14.7 Å². The molecule has 0 heterocycles. The number of hydrogen-bond acceptors (Lipinski definition) is 4. The topological polar surface area (TPSA) is 90.8 Å². The second-order valence-corrected chi connectivity index (χ2v) is 6.30. The first-order chi connectivity index (χ1) is 12.5. The van der Waals surface area contributed by atoms with Gasteiger partial charge in [0.15, 0.2) is 0 Å². The van der Waals surface area contributed by atoms with Gasteiger partial charge in [-0.2, -0.15) is 5.10 Å². The van der Waals surface area contributed by atoms with Gasteiger partial charge in [-0.05, 0) is 29.7 Å². The quantitative estimate of drug-likeness (QED) is 0.350. The Balaban J connectivity index is 1.67. The van der Waals surface area contributed by atoms with E-state index in [2.05, 4.69) is 31.8 Å². The van der Waals surface area contributed by atoms with Crippen LogP contribution in [0.3, 0.4) is 0 Å². The molecule has 26 heavy (non-hydrogen) atoms. The van der Waals surface area contributed by atoms with Crippen LogP contribution in [0.5, 0.6) is 5.75 Å². The van der Waals surface area contributed by atoms with Gasteiger partial charge in [0.05, 0.1) is 6.21 Å². The minimum Gasteiger partial charge on any atom is -0.507 e. The lowest BCUT2D eigenvalue weighted by Gasteiger charge is -2.07. The molecule has 7 heteroatoms. The van der Waals surface area contributed by atoms with Crippen LogP contribution in [0.4, 0.5) is 5.69 Å². The summed E-state index contributed by atoms with van der Waals surface area (Å²) in [4.78, 5) is 24.0. The lowest BCUT2D eigenvalue weighted by molar-refractivity contribution is -0.136. The van der Waals surface area contributed by atoms with E-state index in [0.717, 1.165) is 15.2 Å². The van der Waals surface area contributed by atoms with Gasteiger partial charge in [-0.3, -0.25) is 9.59 Å². The first-order valence-corrected chi connectivity index (χ1v) is 8.44. The number of hydrazone groups is 1. The molecule has 0 spiro atoms. The fourth-order valence-electron chi connectivity index (χ4n) is 2.35. The van der Waals surface area contributed by atoms with E-state index in [1.165, 1.54) is 12.3 Å². The number of amides is 2.